The fourth-order valence-electron chi connectivity index (χ4n) is 2.63. The number of hydrogen-bond donors (Lipinski definition) is 1. The minimum absolute atomic E-state index is 0.0848. The Hall–Kier alpha value is -2.86. The number of halogens is 1. The molecule has 3 rings (SSSR count). The first kappa shape index (κ1) is 17.9. The zero-order valence-electron chi connectivity index (χ0n) is 14.2. The number of rotatable bonds is 5. The summed E-state index contributed by atoms with van der Waals surface area (Å²) in [5, 5.41) is 4.83. The van der Waals surface area contributed by atoms with Gasteiger partial charge in [-0.05, 0) is 36.2 Å². The van der Waals surface area contributed by atoms with Gasteiger partial charge in [0.15, 0.2) is 6.61 Å². The summed E-state index contributed by atoms with van der Waals surface area (Å²) in [6.07, 6.45) is 0.640. The van der Waals surface area contributed by atoms with Crippen molar-refractivity contribution in [3.8, 4) is 5.75 Å². The average Bonchev–Trinajstić information content (AvgIpc) is 2.66. The number of para-hydroxylation sites is 2. The van der Waals surface area contributed by atoms with Crippen LogP contribution >= 0.6 is 11.6 Å². The van der Waals surface area contributed by atoms with Crippen molar-refractivity contribution in [3.05, 3.63) is 59.1 Å². The summed E-state index contributed by atoms with van der Waals surface area (Å²) in [7, 11) is 0. The molecule has 1 aliphatic heterocycles. The van der Waals surface area contributed by atoms with Crippen molar-refractivity contribution in [1.82, 2.24) is 5.43 Å². The van der Waals surface area contributed by atoms with Crippen LogP contribution in [-0.2, 0) is 9.59 Å². The van der Waals surface area contributed by atoms with Crippen molar-refractivity contribution in [2.45, 2.75) is 13.3 Å². The predicted molar refractivity (Wildman–Crippen MR) is 101 cm³/mol. The summed E-state index contributed by atoms with van der Waals surface area (Å²) >= 11 is 5.89. The summed E-state index contributed by atoms with van der Waals surface area (Å²) in [6.45, 7) is 1.74. The molecule has 6 nitrogen and oxygen atoms in total. The molecule has 0 spiro atoms. The molecule has 0 aliphatic carbocycles. The first-order valence-corrected chi connectivity index (χ1v) is 8.60. The number of carbonyl (C=O) groups is 2. The third-order valence-corrected chi connectivity index (χ3v) is 4.19. The van der Waals surface area contributed by atoms with E-state index in [4.69, 9.17) is 16.3 Å². The van der Waals surface area contributed by atoms with E-state index in [1.54, 1.807) is 30.3 Å². The van der Waals surface area contributed by atoms with Gasteiger partial charge in [0.25, 0.3) is 11.8 Å². The summed E-state index contributed by atoms with van der Waals surface area (Å²) in [5.74, 6) is -0.0648. The quantitative estimate of drug-likeness (QED) is 0.648. The number of nitrogens with one attached hydrogen (secondary N) is 1. The number of nitrogens with zero attached hydrogens (tertiary/aromatic N) is 2. The summed E-state index contributed by atoms with van der Waals surface area (Å²) in [4.78, 5) is 25.8. The lowest BCUT2D eigenvalue weighted by Crippen LogP contribution is -2.44. The molecule has 2 aromatic carbocycles. The van der Waals surface area contributed by atoms with Gasteiger partial charge in [-0.25, -0.2) is 5.43 Å². The molecule has 26 heavy (non-hydrogen) atoms. The standard InChI is InChI=1S/C19H18ClN3O3/c1-2-15(13-7-9-14(20)10-8-13)21-22-18(24)11-23-16-5-3-4-6-17(16)26-12-19(23)25/h3-10H,2,11-12H2,1H3,(H,22,24)/b21-15-. The van der Waals surface area contributed by atoms with Gasteiger partial charge in [-0.3, -0.25) is 14.5 Å². The molecular formula is C19H18ClN3O3. The van der Waals surface area contributed by atoms with E-state index >= 15 is 0 Å². The van der Waals surface area contributed by atoms with Gasteiger partial charge in [0, 0.05) is 5.02 Å². The highest BCUT2D eigenvalue weighted by molar-refractivity contribution is 6.30. The topological polar surface area (TPSA) is 71.0 Å². The molecule has 1 N–H and O–H groups in total. The molecule has 2 aromatic rings. The van der Waals surface area contributed by atoms with Crippen molar-refractivity contribution in [3.63, 3.8) is 0 Å². The second-order valence-electron chi connectivity index (χ2n) is 5.69. The van der Waals surface area contributed by atoms with Crippen LogP contribution in [0.15, 0.2) is 53.6 Å². The van der Waals surface area contributed by atoms with Gasteiger partial charge in [0.05, 0.1) is 11.4 Å². The molecule has 134 valence electrons. The van der Waals surface area contributed by atoms with E-state index in [0.29, 0.717) is 22.9 Å². The number of anilines is 1. The van der Waals surface area contributed by atoms with Gasteiger partial charge < -0.3 is 4.74 Å². The van der Waals surface area contributed by atoms with Crippen LogP contribution in [0.3, 0.4) is 0 Å². The first-order chi connectivity index (χ1) is 12.6. The van der Waals surface area contributed by atoms with E-state index in [2.05, 4.69) is 10.5 Å². The van der Waals surface area contributed by atoms with Crippen LogP contribution in [0.4, 0.5) is 5.69 Å². The lowest BCUT2D eigenvalue weighted by atomic mass is 10.1. The smallest absolute Gasteiger partial charge is 0.265 e. The Morgan fingerprint density at radius 3 is 2.69 bits per heavy atom. The molecule has 0 atom stereocenters. The number of carbonyl (C=O) groups excluding carboxylic acids is 2. The van der Waals surface area contributed by atoms with Crippen molar-refractivity contribution >= 4 is 34.8 Å². The Balaban J connectivity index is 1.70. The van der Waals surface area contributed by atoms with E-state index in [1.165, 1.54) is 4.90 Å². The summed E-state index contributed by atoms with van der Waals surface area (Å²) in [6, 6.07) is 14.3. The fourth-order valence-corrected chi connectivity index (χ4v) is 2.75. The normalized spacial score (nSPS) is 13.8. The van der Waals surface area contributed by atoms with Crippen LogP contribution in [0.5, 0.6) is 5.75 Å². The Bertz CT molecular complexity index is 849. The molecule has 2 amide bonds. The van der Waals surface area contributed by atoms with E-state index in [0.717, 1.165) is 11.3 Å². The highest BCUT2D eigenvalue weighted by Crippen LogP contribution is 2.31. The second-order valence-corrected chi connectivity index (χ2v) is 6.13. The van der Waals surface area contributed by atoms with E-state index in [9.17, 15) is 9.59 Å². The zero-order valence-corrected chi connectivity index (χ0v) is 15.0. The molecule has 0 bridgehead atoms. The van der Waals surface area contributed by atoms with Crippen LogP contribution in [0.2, 0.25) is 5.02 Å². The van der Waals surface area contributed by atoms with Crippen LogP contribution in [0.1, 0.15) is 18.9 Å². The lowest BCUT2D eigenvalue weighted by molar-refractivity contribution is -0.125. The summed E-state index contributed by atoms with van der Waals surface area (Å²) < 4.78 is 5.37. The number of hydrogen-bond acceptors (Lipinski definition) is 4. The molecule has 1 aliphatic rings. The number of hydrazone groups is 1. The van der Waals surface area contributed by atoms with Gasteiger partial charge in [-0.1, -0.05) is 42.8 Å². The molecule has 0 saturated carbocycles. The zero-order chi connectivity index (χ0) is 18.5. The Morgan fingerprint density at radius 2 is 1.96 bits per heavy atom. The molecule has 7 heteroatoms. The van der Waals surface area contributed by atoms with Crippen LogP contribution in [0, 0.1) is 0 Å². The third kappa shape index (κ3) is 4.03. The Morgan fingerprint density at radius 1 is 1.23 bits per heavy atom. The minimum atomic E-state index is -0.380. The largest absolute Gasteiger partial charge is 0.482 e. The molecule has 0 saturated heterocycles. The van der Waals surface area contributed by atoms with Gasteiger partial charge in [-0.2, -0.15) is 5.10 Å². The first-order valence-electron chi connectivity index (χ1n) is 8.22. The Labute approximate surface area is 156 Å². The maximum absolute atomic E-state index is 12.3. The molecule has 1 heterocycles. The molecule has 0 fully saturated rings. The van der Waals surface area contributed by atoms with Crippen molar-refractivity contribution in [2.24, 2.45) is 5.10 Å². The van der Waals surface area contributed by atoms with E-state index in [1.807, 2.05) is 25.1 Å². The van der Waals surface area contributed by atoms with Crippen LogP contribution in [0.25, 0.3) is 0 Å². The minimum Gasteiger partial charge on any atom is -0.482 e. The van der Waals surface area contributed by atoms with Crippen LogP contribution < -0.4 is 15.1 Å². The number of ether oxygens (including phenoxy) is 1. The number of benzene rings is 2. The Kier molecular flexibility index (Phi) is 5.53. The van der Waals surface area contributed by atoms with Crippen LogP contribution in [-0.4, -0.2) is 30.7 Å². The molecular weight excluding hydrogens is 354 g/mol. The van der Waals surface area contributed by atoms with E-state index < -0.39 is 0 Å². The van der Waals surface area contributed by atoms with Crippen molar-refractivity contribution in [2.75, 3.05) is 18.1 Å². The monoisotopic (exact) mass is 371 g/mol. The second kappa shape index (κ2) is 8.01. The maximum Gasteiger partial charge on any atom is 0.265 e. The van der Waals surface area contributed by atoms with E-state index in [-0.39, 0.29) is 25.0 Å². The lowest BCUT2D eigenvalue weighted by Gasteiger charge is -2.28. The van der Waals surface area contributed by atoms with Gasteiger partial charge in [-0.15, -0.1) is 0 Å². The van der Waals surface area contributed by atoms with Gasteiger partial charge >= 0.3 is 0 Å². The van der Waals surface area contributed by atoms with Gasteiger partial charge in [0.1, 0.15) is 12.3 Å². The number of amides is 2. The average molecular weight is 372 g/mol. The fraction of sp³-hybridized carbons (Fsp3) is 0.211. The van der Waals surface area contributed by atoms with Crippen molar-refractivity contribution in [1.29, 1.82) is 0 Å². The van der Waals surface area contributed by atoms with Gasteiger partial charge in [0.2, 0.25) is 0 Å². The summed E-state index contributed by atoms with van der Waals surface area (Å²) in [5.41, 5.74) is 4.71. The molecule has 0 aromatic heterocycles. The van der Waals surface area contributed by atoms with Crippen molar-refractivity contribution < 1.29 is 14.3 Å². The molecule has 0 radical (unpaired) electrons. The predicted octanol–water partition coefficient (Wildman–Crippen LogP) is 3.00. The number of fused-ring (bicyclic) bond motifs is 1. The molecule has 0 unspecified atom stereocenters. The highest BCUT2D eigenvalue weighted by atomic mass is 35.5. The maximum atomic E-state index is 12.3. The third-order valence-electron chi connectivity index (χ3n) is 3.94. The highest BCUT2D eigenvalue weighted by Gasteiger charge is 2.26. The SMILES string of the molecule is CC/C(=N/NC(=O)CN1C(=O)COc2ccccc21)c1ccc(Cl)cc1.